The number of hydrogen-bond donors (Lipinski definition) is 2. The first-order chi connectivity index (χ1) is 10.3. The van der Waals surface area contributed by atoms with E-state index in [1.807, 2.05) is 30.3 Å². The predicted molar refractivity (Wildman–Crippen MR) is 76.4 cm³/mol. The quantitative estimate of drug-likeness (QED) is 0.875. The van der Waals surface area contributed by atoms with E-state index in [-0.39, 0.29) is 5.91 Å². The van der Waals surface area contributed by atoms with Gasteiger partial charge in [0, 0.05) is 18.7 Å². The Balaban J connectivity index is 1.56. The van der Waals surface area contributed by atoms with E-state index in [1.54, 1.807) is 6.26 Å². The highest BCUT2D eigenvalue weighted by molar-refractivity contribution is 5.81. The first-order valence-corrected chi connectivity index (χ1v) is 6.93. The maximum Gasteiger partial charge on any atom is 0.250 e. The molecule has 1 atom stereocenters. The molecular weight excluding hydrogens is 270 g/mol. The number of amides is 1. The number of rotatable bonds is 4. The van der Waals surface area contributed by atoms with Gasteiger partial charge < -0.3 is 19.8 Å². The molecule has 2 N–H and O–H groups in total. The summed E-state index contributed by atoms with van der Waals surface area (Å²) >= 11 is 0. The van der Waals surface area contributed by atoms with Crippen molar-refractivity contribution in [3.63, 3.8) is 0 Å². The van der Waals surface area contributed by atoms with E-state index in [0.29, 0.717) is 31.3 Å². The number of ether oxygens (including phenoxy) is 1. The van der Waals surface area contributed by atoms with Gasteiger partial charge in [0.1, 0.15) is 12.4 Å². The second-order valence-corrected chi connectivity index (χ2v) is 4.79. The van der Waals surface area contributed by atoms with Gasteiger partial charge in [-0.15, -0.1) is 0 Å². The van der Waals surface area contributed by atoms with Crippen LogP contribution in [0.5, 0.6) is 0 Å². The lowest BCUT2D eigenvalue weighted by Crippen LogP contribution is -2.47. The molecule has 1 fully saturated rings. The zero-order chi connectivity index (χ0) is 14.5. The number of benzene rings is 1. The molecule has 0 spiro atoms. The lowest BCUT2D eigenvalue weighted by molar-refractivity contribution is -0.134. The number of carbonyl (C=O) groups excluding carboxylic acids is 1. The van der Waals surface area contributed by atoms with E-state index in [0.717, 1.165) is 12.1 Å². The summed E-state index contributed by atoms with van der Waals surface area (Å²) in [6.07, 6.45) is 1.13. The summed E-state index contributed by atoms with van der Waals surface area (Å²) in [5.41, 5.74) is 1.60. The zero-order valence-corrected chi connectivity index (χ0v) is 11.5. The highest BCUT2D eigenvalue weighted by atomic mass is 16.5. The number of aromatic nitrogens is 1. The molecule has 21 heavy (non-hydrogen) atoms. The number of carbonyl (C=O) groups is 1. The molecule has 1 aromatic carbocycles. The molecule has 2 aromatic rings. The minimum Gasteiger partial charge on any atom is -0.444 e. The summed E-state index contributed by atoms with van der Waals surface area (Å²) in [5, 5.41) is 5.93. The van der Waals surface area contributed by atoms with Crippen molar-refractivity contribution < 1.29 is 13.9 Å². The van der Waals surface area contributed by atoms with Crippen molar-refractivity contribution >= 4 is 5.91 Å². The van der Waals surface area contributed by atoms with Gasteiger partial charge in [0.25, 0.3) is 5.91 Å². The fourth-order valence-electron chi connectivity index (χ4n) is 2.13. The zero-order valence-electron chi connectivity index (χ0n) is 11.5. The third kappa shape index (κ3) is 3.48. The number of hydrogen-bond acceptors (Lipinski definition) is 5. The van der Waals surface area contributed by atoms with Crippen molar-refractivity contribution in [3.05, 3.63) is 42.3 Å². The molecule has 0 aliphatic carbocycles. The molecule has 110 valence electrons. The van der Waals surface area contributed by atoms with Crippen molar-refractivity contribution in [3.8, 4) is 11.5 Å². The third-order valence-corrected chi connectivity index (χ3v) is 3.24. The average molecular weight is 287 g/mol. The summed E-state index contributed by atoms with van der Waals surface area (Å²) in [6.45, 7) is 2.21. The first kappa shape index (κ1) is 13.8. The lowest BCUT2D eigenvalue weighted by atomic mass is 10.2. The molecule has 0 radical (unpaired) electrons. The van der Waals surface area contributed by atoms with Crippen molar-refractivity contribution in [2.45, 2.75) is 12.6 Å². The molecule has 1 aromatic heterocycles. The Bertz CT molecular complexity index is 591. The van der Waals surface area contributed by atoms with Crippen molar-refractivity contribution in [1.82, 2.24) is 15.6 Å². The Labute approximate surface area is 122 Å². The molecule has 0 saturated carbocycles. The van der Waals surface area contributed by atoms with Crippen molar-refractivity contribution in [1.29, 1.82) is 0 Å². The van der Waals surface area contributed by atoms with Crippen LogP contribution < -0.4 is 10.6 Å². The molecule has 1 saturated heterocycles. The Kier molecular flexibility index (Phi) is 4.28. The maximum atomic E-state index is 11.9. The van der Waals surface area contributed by atoms with Gasteiger partial charge in [-0.1, -0.05) is 18.2 Å². The Hall–Kier alpha value is -2.18. The SMILES string of the molecule is O=C(NCc1coc(-c2ccccc2)n1)[C@@H]1CNCCO1. The van der Waals surface area contributed by atoms with Gasteiger partial charge in [-0.05, 0) is 12.1 Å². The van der Waals surface area contributed by atoms with Crippen LogP contribution in [0.2, 0.25) is 0 Å². The standard InChI is InChI=1S/C15H17N3O3/c19-14(13-9-16-6-7-20-13)17-8-12-10-21-15(18-12)11-4-2-1-3-5-11/h1-5,10,13,16H,6-9H2,(H,17,19)/t13-/m0/s1. The fraction of sp³-hybridized carbons (Fsp3) is 0.333. The number of oxazole rings is 1. The van der Waals surface area contributed by atoms with Gasteiger partial charge in [-0.2, -0.15) is 0 Å². The minimum atomic E-state index is -0.431. The molecule has 6 nitrogen and oxygen atoms in total. The normalized spacial score (nSPS) is 18.4. The summed E-state index contributed by atoms with van der Waals surface area (Å²) < 4.78 is 10.8. The second kappa shape index (κ2) is 6.51. The molecule has 2 heterocycles. The van der Waals surface area contributed by atoms with Crippen LogP contribution in [0.15, 0.2) is 41.0 Å². The highest BCUT2D eigenvalue weighted by Gasteiger charge is 2.21. The molecular formula is C15H17N3O3. The first-order valence-electron chi connectivity index (χ1n) is 6.93. The van der Waals surface area contributed by atoms with Gasteiger partial charge >= 0.3 is 0 Å². The molecule has 1 aliphatic heterocycles. The smallest absolute Gasteiger partial charge is 0.250 e. The summed E-state index contributed by atoms with van der Waals surface area (Å²) in [5.74, 6) is 0.418. The van der Waals surface area contributed by atoms with E-state index in [1.165, 1.54) is 0 Å². The summed E-state index contributed by atoms with van der Waals surface area (Å²) in [7, 11) is 0. The second-order valence-electron chi connectivity index (χ2n) is 4.79. The Morgan fingerprint density at radius 2 is 2.24 bits per heavy atom. The van der Waals surface area contributed by atoms with Crippen LogP contribution in [0.4, 0.5) is 0 Å². The van der Waals surface area contributed by atoms with Crippen LogP contribution in [0.25, 0.3) is 11.5 Å². The van der Waals surface area contributed by atoms with E-state index in [2.05, 4.69) is 15.6 Å². The van der Waals surface area contributed by atoms with Gasteiger partial charge in [0.05, 0.1) is 18.8 Å². The van der Waals surface area contributed by atoms with Gasteiger partial charge in [0.15, 0.2) is 0 Å². The topological polar surface area (TPSA) is 76.4 Å². The van der Waals surface area contributed by atoms with Crippen LogP contribution in [0, 0.1) is 0 Å². The molecule has 1 aliphatic rings. The van der Waals surface area contributed by atoms with E-state index in [9.17, 15) is 4.79 Å². The van der Waals surface area contributed by atoms with Crippen LogP contribution >= 0.6 is 0 Å². The monoisotopic (exact) mass is 287 g/mol. The molecule has 0 bridgehead atoms. The van der Waals surface area contributed by atoms with E-state index < -0.39 is 6.10 Å². The van der Waals surface area contributed by atoms with Gasteiger partial charge in [-0.25, -0.2) is 4.98 Å². The van der Waals surface area contributed by atoms with Crippen molar-refractivity contribution in [2.75, 3.05) is 19.7 Å². The molecule has 0 unspecified atom stereocenters. The third-order valence-electron chi connectivity index (χ3n) is 3.24. The largest absolute Gasteiger partial charge is 0.444 e. The minimum absolute atomic E-state index is 0.133. The average Bonchev–Trinajstić information content (AvgIpc) is 3.03. The number of nitrogens with zero attached hydrogens (tertiary/aromatic N) is 1. The van der Waals surface area contributed by atoms with Crippen LogP contribution in [0.3, 0.4) is 0 Å². The predicted octanol–water partition coefficient (Wildman–Crippen LogP) is 0.946. The number of morpholine rings is 1. The van der Waals surface area contributed by atoms with Gasteiger partial charge in [-0.3, -0.25) is 4.79 Å². The van der Waals surface area contributed by atoms with Crippen LogP contribution in [-0.4, -0.2) is 36.7 Å². The van der Waals surface area contributed by atoms with Crippen molar-refractivity contribution in [2.24, 2.45) is 0 Å². The van der Waals surface area contributed by atoms with Gasteiger partial charge in [0.2, 0.25) is 5.89 Å². The molecule has 3 rings (SSSR count). The molecule has 1 amide bonds. The molecule has 6 heteroatoms. The lowest BCUT2D eigenvalue weighted by Gasteiger charge is -2.22. The van der Waals surface area contributed by atoms with E-state index >= 15 is 0 Å². The number of nitrogens with one attached hydrogen (secondary N) is 2. The Morgan fingerprint density at radius 3 is 3.00 bits per heavy atom. The van der Waals surface area contributed by atoms with Crippen LogP contribution in [0.1, 0.15) is 5.69 Å². The van der Waals surface area contributed by atoms with E-state index in [4.69, 9.17) is 9.15 Å². The highest BCUT2D eigenvalue weighted by Crippen LogP contribution is 2.17. The summed E-state index contributed by atoms with van der Waals surface area (Å²) in [4.78, 5) is 16.3. The Morgan fingerprint density at radius 1 is 1.38 bits per heavy atom. The fourth-order valence-corrected chi connectivity index (χ4v) is 2.13. The maximum absolute atomic E-state index is 11.9. The summed E-state index contributed by atoms with van der Waals surface area (Å²) in [6, 6.07) is 9.64. The van der Waals surface area contributed by atoms with Crippen LogP contribution in [-0.2, 0) is 16.1 Å².